The number of ether oxygens (including phenoxy) is 1. The van der Waals surface area contributed by atoms with E-state index in [0.717, 1.165) is 29.8 Å². The van der Waals surface area contributed by atoms with Crippen LogP contribution in [0.15, 0.2) is 60.0 Å². The maximum Gasteiger partial charge on any atom is 0.338 e. The molecular weight excluding hydrogens is 372 g/mol. The second kappa shape index (κ2) is 9.80. The van der Waals surface area contributed by atoms with Crippen molar-refractivity contribution in [2.75, 3.05) is 6.61 Å². The Morgan fingerprint density at radius 3 is 2.61 bits per heavy atom. The molecule has 28 heavy (non-hydrogen) atoms. The number of amides is 1. The molecule has 0 aliphatic heterocycles. The standard InChI is InChI=1S/C22H22N2O3S/c1-16-5-2-6-19(24-16)7-3-13-27-22(26)18-11-9-17(10-12-18)15-23-21(25)20-8-4-14-28-20/h2,4-6,8-12,14H,3,7,13,15H2,1H3,(H,23,25). The van der Waals surface area contributed by atoms with Crippen LogP contribution in [0.5, 0.6) is 0 Å². The van der Waals surface area contributed by atoms with Crippen molar-refractivity contribution < 1.29 is 14.3 Å². The van der Waals surface area contributed by atoms with E-state index in [1.807, 2.05) is 48.7 Å². The molecule has 0 spiro atoms. The molecule has 1 N–H and O–H groups in total. The highest BCUT2D eigenvalue weighted by atomic mass is 32.1. The van der Waals surface area contributed by atoms with Gasteiger partial charge in [0.05, 0.1) is 17.0 Å². The molecule has 1 amide bonds. The maximum absolute atomic E-state index is 12.1. The SMILES string of the molecule is Cc1cccc(CCCOC(=O)c2ccc(CNC(=O)c3cccs3)cc2)n1. The van der Waals surface area contributed by atoms with Crippen molar-refractivity contribution >= 4 is 23.2 Å². The van der Waals surface area contributed by atoms with E-state index < -0.39 is 0 Å². The lowest BCUT2D eigenvalue weighted by Crippen LogP contribution is -2.21. The van der Waals surface area contributed by atoms with E-state index in [-0.39, 0.29) is 11.9 Å². The van der Waals surface area contributed by atoms with E-state index in [1.165, 1.54) is 11.3 Å². The van der Waals surface area contributed by atoms with Crippen molar-refractivity contribution in [1.82, 2.24) is 10.3 Å². The topological polar surface area (TPSA) is 68.3 Å². The van der Waals surface area contributed by atoms with Crippen LogP contribution in [-0.2, 0) is 17.7 Å². The Hall–Kier alpha value is -2.99. The van der Waals surface area contributed by atoms with Gasteiger partial charge in [-0.3, -0.25) is 9.78 Å². The summed E-state index contributed by atoms with van der Waals surface area (Å²) in [6.45, 7) is 2.73. The normalized spacial score (nSPS) is 10.5. The highest BCUT2D eigenvalue weighted by molar-refractivity contribution is 7.12. The number of aromatic nitrogens is 1. The Morgan fingerprint density at radius 1 is 1.07 bits per heavy atom. The number of benzene rings is 1. The van der Waals surface area contributed by atoms with Crippen LogP contribution in [0.3, 0.4) is 0 Å². The Labute approximate surface area is 168 Å². The fourth-order valence-electron chi connectivity index (χ4n) is 2.68. The molecule has 0 unspecified atom stereocenters. The molecule has 0 bridgehead atoms. The van der Waals surface area contributed by atoms with E-state index in [4.69, 9.17) is 4.74 Å². The van der Waals surface area contributed by atoms with Gasteiger partial charge in [0.1, 0.15) is 0 Å². The number of aryl methyl sites for hydroxylation is 2. The van der Waals surface area contributed by atoms with Crippen molar-refractivity contribution in [2.45, 2.75) is 26.3 Å². The zero-order valence-corrected chi connectivity index (χ0v) is 16.5. The summed E-state index contributed by atoms with van der Waals surface area (Å²) in [5, 5.41) is 4.73. The van der Waals surface area contributed by atoms with Gasteiger partial charge < -0.3 is 10.1 Å². The number of pyridine rings is 1. The van der Waals surface area contributed by atoms with E-state index in [2.05, 4.69) is 10.3 Å². The Balaban J connectivity index is 1.41. The molecule has 0 aliphatic rings. The first-order valence-corrected chi connectivity index (χ1v) is 10.00. The summed E-state index contributed by atoms with van der Waals surface area (Å²) in [4.78, 5) is 29.2. The summed E-state index contributed by atoms with van der Waals surface area (Å²) in [6.07, 6.45) is 1.51. The number of carbonyl (C=O) groups is 2. The highest BCUT2D eigenvalue weighted by Gasteiger charge is 2.09. The van der Waals surface area contributed by atoms with E-state index in [9.17, 15) is 9.59 Å². The van der Waals surface area contributed by atoms with Gasteiger partial charge in [-0.15, -0.1) is 11.3 Å². The smallest absolute Gasteiger partial charge is 0.338 e. The average Bonchev–Trinajstić information content (AvgIpc) is 3.25. The second-order valence-electron chi connectivity index (χ2n) is 6.37. The minimum Gasteiger partial charge on any atom is -0.462 e. The number of carbonyl (C=O) groups excluding carboxylic acids is 2. The van der Waals surface area contributed by atoms with Crippen LogP contribution in [0.2, 0.25) is 0 Å². The molecule has 3 aromatic rings. The summed E-state index contributed by atoms with van der Waals surface area (Å²) < 4.78 is 5.33. The predicted octanol–water partition coefficient (Wildman–Crippen LogP) is 4.17. The zero-order valence-electron chi connectivity index (χ0n) is 15.7. The first-order chi connectivity index (χ1) is 13.6. The lowest BCUT2D eigenvalue weighted by molar-refractivity contribution is 0.0500. The molecule has 2 heterocycles. The van der Waals surface area contributed by atoms with Gasteiger partial charge in [0, 0.05) is 17.9 Å². The van der Waals surface area contributed by atoms with Gasteiger partial charge in [0.2, 0.25) is 0 Å². The molecule has 6 heteroatoms. The molecule has 1 aromatic carbocycles. The third-order valence-corrected chi connectivity index (χ3v) is 5.01. The minimum atomic E-state index is -0.341. The van der Waals surface area contributed by atoms with Crippen molar-refractivity contribution in [2.24, 2.45) is 0 Å². The zero-order chi connectivity index (χ0) is 19.8. The van der Waals surface area contributed by atoms with Crippen LogP contribution in [0.4, 0.5) is 0 Å². The Bertz CT molecular complexity index is 921. The molecule has 2 aromatic heterocycles. The number of esters is 1. The average molecular weight is 394 g/mol. The van der Waals surface area contributed by atoms with Crippen LogP contribution in [-0.4, -0.2) is 23.5 Å². The second-order valence-corrected chi connectivity index (χ2v) is 7.31. The number of rotatable bonds is 8. The van der Waals surface area contributed by atoms with Gasteiger partial charge >= 0.3 is 5.97 Å². The van der Waals surface area contributed by atoms with Crippen molar-refractivity contribution in [3.8, 4) is 0 Å². The summed E-state index contributed by atoms with van der Waals surface area (Å²) >= 11 is 1.40. The number of thiophene rings is 1. The van der Waals surface area contributed by atoms with Gasteiger partial charge in [0.25, 0.3) is 5.91 Å². The number of hydrogen-bond acceptors (Lipinski definition) is 5. The molecule has 0 saturated carbocycles. The molecule has 0 fully saturated rings. The summed E-state index contributed by atoms with van der Waals surface area (Å²) in [5.41, 5.74) is 3.42. The van der Waals surface area contributed by atoms with E-state index in [1.54, 1.807) is 18.2 Å². The number of hydrogen-bond donors (Lipinski definition) is 1. The Morgan fingerprint density at radius 2 is 1.89 bits per heavy atom. The maximum atomic E-state index is 12.1. The molecule has 0 aliphatic carbocycles. The van der Waals surface area contributed by atoms with Crippen LogP contribution in [0.1, 0.15) is 43.4 Å². The largest absolute Gasteiger partial charge is 0.462 e. The molecule has 0 saturated heterocycles. The van der Waals surface area contributed by atoms with Gasteiger partial charge in [-0.05, 0) is 61.0 Å². The third kappa shape index (κ3) is 5.76. The summed E-state index contributed by atoms with van der Waals surface area (Å²) in [6, 6.07) is 16.6. The first-order valence-electron chi connectivity index (χ1n) is 9.12. The van der Waals surface area contributed by atoms with Gasteiger partial charge in [-0.2, -0.15) is 0 Å². The molecule has 0 atom stereocenters. The molecule has 144 valence electrons. The van der Waals surface area contributed by atoms with Crippen molar-refractivity contribution in [1.29, 1.82) is 0 Å². The quantitative estimate of drug-likeness (QED) is 0.460. The molecule has 3 rings (SSSR count). The molecule has 5 nitrogen and oxygen atoms in total. The third-order valence-electron chi connectivity index (χ3n) is 4.14. The minimum absolute atomic E-state index is 0.0958. The molecular formula is C22H22N2O3S. The number of nitrogens with zero attached hydrogens (tertiary/aromatic N) is 1. The predicted molar refractivity (Wildman–Crippen MR) is 110 cm³/mol. The lowest BCUT2D eigenvalue weighted by atomic mass is 10.1. The summed E-state index contributed by atoms with van der Waals surface area (Å²) in [5.74, 6) is -0.437. The van der Waals surface area contributed by atoms with E-state index >= 15 is 0 Å². The van der Waals surface area contributed by atoms with Crippen LogP contribution in [0.25, 0.3) is 0 Å². The monoisotopic (exact) mass is 394 g/mol. The van der Waals surface area contributed by atoms with Gasteiger partial charge in [0.15, 0.2) is 0 Å². The first kappa shape index (κ1) is 19.8. The summed E-state index contributed by atoms with van der Waals surface area (Å²) in [7, 11) is 0. The van der Waals surface area contributed by atoms with E-state index in [0.29, 0.717) is 23.6 Å². The lowest BCUT2D eigenvalue weighted by Gasteiger charge is -2.07. The fourth-order valence-corrected chi connectivity index (χ4v) is 3.32. The van der Waals surface area contributed by atoms with Gasteiger partial charge in [-0.1, -0.05) is 24.3 Å². The van der Waals surface area contributed by atoms with Crippen LogP contribution in [0, 0.1) is 6.92 Å². The molecule has 0 radical (unpaired) electrons. The van der Waals surface area contributed by atoms with Crippen molar-refractivity contribution in [3.05, 3.63) is 87.4 Å². The van der Waals surface area contributed by atoms with Crippen LogP contribution < -0.4 is 5.32 Å². The van der Waals surface area contributed by atoms with Gasteiger partial charge in [-0.25, -0.2) is 4.79 Å². The van der Waals surface area contributed by atoms with Crippen LogP contribution >= 0.6 is 11.3 Å². The fraction of sp³-hybridized carbons (Fsp3) is 0.227. The number of nitrogens with one attached hydrogen (secondary N) is 1. The van der Waals surface area contributed by atoms with Crippen molar-refractivity contribution in [3.63, 3.8) is 0 Å². The Kier molecular flexibility index (Phi) is 6.92. The highest BCUT2D eigenvalue weighted by Crippen LogP contribution is 2.10.